The minimum atomic E-state index is -0.780. The van der Waals surface area contributed by atoms with Gasteiger partial charge in [0, 0.05) is 12.1 Å². The normalized spacial score (nSPS) is 17.2. The number of nitrogens with zero attached hydrogens (tertiary/aromatic N) is 2. The Morgan fingerprint density at radius 2 is 2.05 bits per heavy atom. The van der Waals surface area contributed by atoms with Crippen molar-refractivity contribution in [3.8, 4) is 0 Å². The molecule has 21 heavy (non-hydrogen) atoms. The standard InChI is InChI=1S/C14H19ClFN3O2/c1-18(2)14(5-3-4-6-14)9-17-12-7-10(15)11(16)8-13(12)19(20)21/h7-8,17H,3-6,9H2,1-2H3. The van der Waals surface area contributed by atoms with Gasteiger partial charge in [0.05, 0.1) is 16.0 Å². The van der Waals surface area contributed by atoms with Gasteiger partial charge in [0.15, 0.2) is 0 Å². The van der Waals surface area contributed by atoms with Crippen LogP contribution in [0.4, 0.5) is 15.8 Å². The summed E-state index contributed by atoms with van der Waals surface area (Å²) in [7, 11) is 4.03. The molecule has 0 heterocycles. The molecule has 2 rings (SSSR count). The lowest BCUT2D eigenvalue weighted by Crippen LogP contribution is -2.47. The van der Waals surface area contributed by atoms with Crippen LogP contribution in [0.15, 0.2) is 12.1 Å². The lowest BCUT2D eigenvalue weighted by atomic mass is 9.96. The Morgan fingerprint density at radius 3 is 2.57 bits per heavy atom. The first-order valence-corrected chi connectivity index (χ1v) is 7.28. The molecular weight excluding hydrogens is 297 g/mol. The summed E-state index contributed by atoms with van der Waals surface area (Å²) in [6, 6.07) is 2.15. The first-order valence-electron chi connectivity index (χ1n) is 6.90. The molecule has 0 saturated heterocycles. The number of anilines is 1. The number of likely N-dealkylation sites (N-methyl/N-ethyl adjacent to an activating group) is 1. The maximum atomic E-state index is 13.4. The summed E-state index contributed by atoms with van der Waals surface area (Å²) >= 11 is 5.74. The molecule has 0 radical (unpaired) electrons. The summed E-state index contributed by atoms with van der Waals surface area (Å²) < 4.78 is 13.4. The topological polar surface area (TPSA) is 58.4 Å². The van der Waals surface area contributed by atoms with E-state index in [-0.39, 0.29) is 21.9 Å². The van der Waals surface area contributed by atoms with E-state index >= 15 is 0 Å². The molecule has 1 aromatic rings. The first kappa shape index (κ1) is 16.0. The van der Waals surface area contributed by atoms with Gasteiger partial charge < -0.3 is 10.2 Å². The van der Waals surface area contributed by atoms with Crippen LogP contribution >= 0.6 is 11.6 Å². The van der Waals surface area contributed by atoms with Crippen molar-refractivity contribution in [2.24, 2.45) is 0 Å². The average Bonchev–Trinajstić information content (AvgIpc) is 2.89. The summed E-state index contributed by atoms with van der Waals surface area (Å²) in [5.41, 5.74) is -0.0438. The molecule has 0 amide bonds. The second kappa shape index (κ2) is 6.15. The summed E-state index contributed by atoms with van der Waals surface area (Å²) in [5.74, 6) is -0.780. The minimum absolute atomic E-state index is 0.0191. The molecule has 116 valence electrons. The van der Waals surface area contributed by atoms with Crippen molar-refractivity contribution in [1.29, 1.82) is 0 Å². The zero-order valence-corrected chi connectivity index (χ0v) is 12.9. The molecule has 1 aliphatic rings. The monoisotopic (exact) mass is 315 g/mol. The average molecular weight is 316 g/mol. The zero-order valence-electron chi connectivity index (χ0n) is 12.2. The highest BCUT2D eigenvalue weighted by atomic mass is 35.5. The Labute approximate surface area is 128 Å². The second-order valence-electron chi connectivity index (χ2n) is 5.72. The number of nitro benzene ring substituents is 1. The number of rotatable bonds is 5. The third-order valence-electron chi connectivity index (χ3n) is 4.33. The number of hydrogen-bond acceptors (Lipinski definition) is 4. The van der Waals surface area contributed by atoms with Crippen LogP contribution < -0.4 is 5.32 Å². The van der Waals surface area contributed by atoms with Gasteiger partial charge in [-0.3, -0.25) is 10.1 Å². The molecule has 0 aromatic heterocycles. The summed E-state index contributed by atoms with van der Waals surface area (Å²) in [4.78, 5) is 12.6. The largest absolute Gasteiger partial charge is 0.378 e. The highest BCUT2D eigenvalue weighted by Crippen LogP contribution is 2.36. The van der Waals surface area contributed by atoms with Crippen molar-refractivity contribution in [3.05, 3.63) is 33.1 Å². The smallest absolute Gasteiger partial charge is 0.295 e. The van der Waals surface area contributed by atoms with Crippen molar-refractivity contribution in [2.45, 2.75) is 31.2 Å². The first-order chi connectivity index (χ1) is 9.85. The van der Waals surface area contributed by atoms with Gasteiger partial charge in [-0.15, -0.1) is 0 Å². The molecule has 5 nitrogen and oxygen atoms in total. The molecule has 1 fully saturated rings. The lowest BCUT2D eigenvalue weighted by molar-refractivity contribution is -0.384. The van der Waals surface area contributed by atoms with Crippen molar-refractivity contribution < 1.29 is 9.31 Å². The SMILES string of the molecule is CN(C)C1(CNc2cc(Cl)c(F)cc2[N+](=O)[O-])CCCC1. The predicted molar refractivity (Wildman–Crippen MR) is 81.4 cm³/mol. The van der Waals surface area contributed by atoms with Crippen molar-refractivity contribution >= 4 is 23.0 Å². The third-order valence-corrected chi connectivity index (χ3v) is 4.62. The van der Waals surface area contributed by atoms with E-state index in [9.17, 15) is 14.5 Å². The van der Waals surface area contributed by atoms with Gasteiger partial charge >= 0.3 is 0 Å². The van der Waals surface area contributed by atoms with Crippen LogP contribution in [0, 0.1) is 15.9 Å². The van der Waals surface area contributed by atoms with Crippen LogP contribution in [-0.2, 0) is 0 Å². The molecule has 0 atom stereocenters. The number of nitro groups is 1. The van der Waals surface area contributed by atoms with E-state index in [0.717, 1.165) is 31.7 Å². The molecular formula is C14H19ClFN3O2. The van der Waals surface area contributed by atoms with Gasteiger partial charge in [0.25, 0.3) is 5.69 Å². The number of benzene rings is 1. The molecule has 0 aliphatic heterocycles. The van der Waals surface area contributed by atoms with E-state index in [1.807, 2.05) is 14.1 Å². The van der Waals surface area contributed by atoms with E-state index in [4.69, 9.17) is 11.6 Å². The fourth-order valence-corrected chi connectivity index (χ4v) is 3.07. The van der Waals surface area contributed by atoms with Gasteiger partial charge in [-0.25, -0.2) is 4.39 Å². The van der Waals surface area contributed by atoms with Gasteiger partial charge in [0.1, 0.15) is 11.5 Å². The Morgan fingerprint density at radius 1 is 1.43 bits per heavy atom. The van der Waals surface area contributed by atoms with Gasteiger partial charge in [-0.05, 0) is 33.0 Å². The summed E-state index contributed by atoms with van der Waals surface area (Å²) in [6.07, 6.45) is 4.36. The Balaban J connectivity index is 2.23. The lowest BCUT2D eigenvalue weighted by Gasteiger charge is -2.36. The van der Waals surface area contributed by atoms with E-state index in [1.165, 1.54) is 6.07 Å². The Bertz CT molecular complexity index is 545. The number of nitrogens with one attached hydrogen (secondary N) is 1. The van der Waals surface area contributed by atoms with E-state index in [1.54, 1.807) is 0 Å². The van der Waals surface area contributed by atoms with Crippen LogP contribution in [0.25, 0.3) is 0 Å². The van der Waals surface area contributed by atoms with Crippen LogP contribution in [0.3, 0.4) is 0 Å². The highest BCUT2D eigenvalue weighted by Gasteiger charge is 2.36. The maximum Gasteiger partial charge on any atom is 0.295 e. The van der Waals surface area contributed by atoms with Crippen molar-refractivity contribution in [1.82, 2.24) is 4.90 Å². The highest BCUT2D eigenvalue weighted by molar-refractivity contribution is 6.31. The predicted octanol–water partition coefficient (Wildman–Crippen LogP) is 3.67. The molecule has 1 aromatic carbocycles. The van der Waals surface area contributed by atoms with Crippen LogP contribution in [0.1, 0.15) is 25.7 Å². The van der Waals surface area contributed by atoms with Crippen LogP contribution in [0.2, 0.25) is 5.02 Å². The van der Waals surface area contributed by atoms with E-state index in [2.05, 4.69) is 10.2 Å². The zero-order chi connectivity index (χ0) is 15.6. The molecule has 1 aliphatic carbocycles. The number of hydrogen-bond donors (Lipinski definition) is 1. The Kier molecular flexibility index (Phi) is 4.68. The fourth-order valence-electron chi connectivity index (χ4n) is 2.90. The molecule has 0 unspecified atom stereocenters. The number of halogens is 2. The summed E-state index contributed by atoms with van der Waals surface area (Å²) in [5, 5.41) is 14.0. The summed E-state index contributed by atoms with van der Waals surface area (Å²) in [6.45, 7) is 0.572. The molecule has 0 spiro atoms. The van der Waals surface area contributed by atoms with Gasteiger partial charge in [-0.1, -0.05) is 24.4 Å². The molecule has 0 bridgehead atoms. The van der Waals surface area contributed by atoms with E-state index in [0.29, 0.717) is 6.54 Å². The van der Waals surface area contributed by atoms with Crippen LogP contribution in [0.5, 0.6) is 0 Å². The maximum absolute atomic E-state index is 13.4. The fraction of sp³-hybridized carbons (Fsp3) is 0.571. The van der Waals surface area contributed by atoms with Gasteiger partial charge in [-0.2, -0.15) is 0 Å². The van der Waals surface area contributed by atoms with Gasteiger partial charge in [0.2, 0.25) is 0 Å². The third kappa shape index (κ3) is 3.27. The van der Waals surface area contributed by atoms with Crippen LogP contribution in [-0.4, -0.2) is 36.0 Å². The van der Waals surface area contributed by atoms with E-state index < -0.39 is 10.7 Å². The quantitative estimate of drug-likeness (QED) is 0.665. The molecule has 1 N–H and O–H groups in total. The second-order valence-corrected chi connectivity index (χ2v) is 6.13. The minimum Gasteiger partial charge on any atom is -0.378 e. The van der Waals surface area contributed by atoms with Crippen molar-refractivity contribution in [3.63, 3.8) is 0 Å². The molecule has 7 heteroatoms. The Hall–Kier alpha value is -1.40. The molecule has 1 saturated carbocycles. The van der Waals surface area contributed by atoms with Crippen molar-refractivity contribution in [2.75, 3.05) is 26.0 Å².